The van der Waals surface area contributed by atoms with E-state index in [1.54, 1.807) is 11.3 Å². The number of carbonyl (C=O) groups excluding carboxylic acids is 1. The van der Waals surface area contributed by atoms with Crippen molar-refractivity contribution in [3.05, 3.63) is 23.2 Å². The van der Waals surface area contributed by atoms with Crippen LogP contribution < -0.4 is 0 Å². The van der Waals surface area contributed by atoms with Gasteiger partial charge >= 0.3 is 5.97 Å². The maximum Gasteiger partial charge on any atom is 0.354 e. The molecule has 0 saturated heterocycles. The zero-order valence-electron chi connectivity index (χ0n) is 9.81. The topological polar surface area (TPSA) is 31.2 Å². The van der Waals surface area contributed by atoms with Crippen LogP contribution in [0.25, 0.3) is 10.2 Å². The summed E-state index contributed by atoms with van der Waals surface area (Å²) in [7, 11) is 0. The van der Waals surface area contributed by atoms with E-state index in [0.29, 0.717) is 12.3 Å². The van der Waals surface area contributed by atoms with Gasteiger partial charge in [-0.3, -0.25) is 0 Å². The van der Waals surface area contributed by atoms with Crippen LogP contribution >= 0.6 is 11.3 Å². The molecule has 0 N–H and O–H groups in total. The van der Waals surface area contributed by atoms with Crippen molar-refractivity contribution < 1.29 is 9.53 Å². The summed E-state index contributed by atoms with van der Waals surface area (Å²) in [4.78, 5) is 13.1. The fraction of sp³-hybridized carbons (Fsp3) is 0.462. The van der Waals surface area contributed by atoms with Crippen LogP contribution in [0.2, 0.25) is 0 Å². The summed E-state index contributed by atoms with van der Waals surface area (Å²) >= 11 is 1.70. The number of carbonyl (C=O) groups is 1. The van der Waals surface area contributed by atoms with Gasteiger partial charge in [0.25, 0.3) is 0 Å². The van der Waals surface area contributed by atoms with Crippen LogP contribution in [-0.4, -0.2) is 17.1 Å². The SMILES string of the molecule is CCOC(=O)c1cc2ccsc2n1CC1CC1. The second-order valence-electron chi connectivity index (χ2n) is 4.49. The highest BCUT2D eigenvalue weighted by Gasteiger charge is 2.26. The largest absolute Gasteiger partial charge is 0.461 e. The summed E-state index contributed by atoms with van der Waals surface area (Å²) in [6, 6.07) is 4.01. The Morgan fingerprint density at radius 3 is 3.12 bits per heavy atom. The van der Waals surface area contributed by atoms with Gasteiger partial charge in [0.15, 0.2) is 0 Å². The van der Waals surface area contributed by atoms with Crippen LogP contribution in [0.1, 0.15) is 30.3 Å². The summed E-state index contributed by atoms with van der Waals surface area (Å²) in [5.41, 5.74) is 0.709. The minimum absolute atomic E-state index is 0.198. The summed E-state index contributed by atoms with van der Waals surface area (Å²) < 4.78 is 7.25. The third-order valence-electron chi connectivity index (χ3n) is 3.12. The number of hydrogen-bond donors (Lipinski definition) is 0. The van der Waals surface area contributed by atoms with Gasteiger partial charge in [-0.15, -0.1) is 11.3 Å². The van der Waals surface area contributed by atoms with Gasteiger partial charge in [0.2, 0.25) is 0 Å². The minimum atomic E-state index is -0.198. The van der Waals surface area contributed by atoms with Gasteiger partial charge in [0, 0.05) is 11.9 Å². The third kappa shape index (κ3) is 1.97. The van der Waals surface area contributed by atoms with Crippen LogP contribution in [-0.2, 0) is 11.3 Å². The van der Waals surface area contributed by atoms with Crippen LogP contribution in [0.3, 0.4) is 0 Å². The first-order chi connectivity index (χ1) is 8.29. The number of aromatic nitrogens is 1. The number of esters is 1. The lowest BCUT2D eigenvalue weighted by Crippen LogP contribution is -2.12. The molecule has 0 unspecified atom stereocenters. The lowest BCUT2D eigenvalue weighted by molar-refractivity contribution is 0.0514. The molecule has 3 nitrogen and oxygen atoms in total. The maximum atomic E-state index is 11.9. The van der Waals surface area contributed by atoms with E-state index in [1.807, 2.05) is 13.0 Å². The Labute approximate surface area is 104 Å². The van der Waals surface area contributed by atoms with Gasteiger partial charge in [-0.05, 0) is 43.2 Å². The van der Waals surface area contributed by atoms with Gasteiger partial charge in [-0.2, -0.15) is 0 Å². The molecule has 90 valence electrons. The Hall–Kier alpha value is -1.29. The predicted molar refractivity (Wildman–Crippen MR) is 68.5 cm³/mol. The number of ether oxygens (including phenoxy) is 1. The van der Waals surface area contributed by atoms with Crippen molar-refractivity contribution in [3.63, 3.8) is 0 Å². The van der Waals surface area contributed by atoms with Gasteiger partial charge in [-0.25, -0.2) is 4.79 Å². The molecule has 3 rings (SSSR count). The van der Waals surface area contributed by atoms with Gasteiger partial charge in [0.1, 0.15) is 10.5 Å². The Bertz CT molecular complexity index is 551. The predicted octanol–water partition coefficient (Wildman–Crippen LogP) is 3.29. The van der Waals surface area contributed by atoms with E-state index in [0.717, 1.165) is 17.8 Å². The molecule has 0 amide bonds. The van der Waals surface area contributed by atoms with E-state index < -0.39 is 0 Å². The molecular weight excluding hydrogens is 234 g/mol. The molecule has 0 radical (unpaired) electrons. The first-order valence-electron chi connectivity index (χ1n) is 6.03. The molecule has 1 saturated carbocycles. The average Bonchev–Trinajstić information content (AvgIpc) is 2.88. The summed E-state index contributed by atoms with van der Waals surface area (Å²) in [6.07, 6.45) is 2.57. The van der Waals surface area contributed by atoms with E-state index in [1.165, 1.54) is 17.7 Å². The van der Waals surface area contributed by atoms with Crippen molar-refractivity contribution >= 4 is 27.5 Å². The first kappa shape index (κ1) is 10.8. The Morgan fingerprint density at radius 2 is 2.41 bits per heavy atom. The molecule has 0 bridgehead atoms. The zero-order chi connectivity index (χ0) is 11.8. The van der Waals surface area contributed by atoms with Gasteiger partial charge < -0.3 is 9.30 Å². The zero-order valence-corrected chi connectivity index (χ0v) is 10.6. The molecule has 0 atom stereocenters. The van der Waals surface area contributed by atoms with Crippen molar-refractivity contribution in [3.8, 4) is 0 Å². The molecule has 2 heterocycles. The minimum Gasteiger partial charge on any atom is -0.461 e. The first-order valence-corrected chi connectivity index (χ1v) is 6.91. The van der Waals surface area contributed by atoms with E-state index in [9.17, 15) is 4.79 Å². The second kappa shape index (κ2) is 4.18. The smallest absolute Gasteiger partial charge is 0.354 e. The number of nitrogens with zero attached hydrogens (tertiary/aromatic N) is 1. The van der Waals surface area contributed by atoms with Crippen LogP contribution in [0, 0.1) is 5.92 Å². The van der Waals surface area contributed by atoms with Crippen molar-refractivity contribution in [2.75, 3.05) is 6.61 Å². The fourth-order valence-corrected chi connectivity index (χ4v) is 3.00. The molecule has 0 spiro atoms. The molecular formula is C13H15NO2S. The molecule has 1 fully saturated rings. The molecule has 4 heteroatoms. The monoisotopic (exact) mass is 249 g/mol. The molecule has 2 aromatic heterocycles. The average molecular weight is 249 g/mol. The van der Waals surface area contributed by atoms with E-state index >= 15 is 0 Å². The number of thiophene rings is 1. The Morgan fingerprint density at radius 1 is 1.59 bits per heavy atom. The summed E-state index contributed by atoms with van der Waals surface area (Å²) in [6.45, 7) is 3.23. The highest BCUT2D eigenvalue weighted by Crippen LogP contribution is 2.34. The quantitative estimate of drug-likeness (QED) is 0.779. The van der Waals surface area contributed by atoms with E-state index in [4.69, 9.17) is 4.74 Å². The van der Waals surface area contributed by atoms with E-state index in [-0.39, 0.29) is 5.97 Å². The number of hydrogen-bond acceptors (Lipinski definition) is 3. The highest BCUT2D eigenvalue weighted by molar-refractivity contribution is 7.16. The molecule has 1 aliphatic carbocycles. The van der Waals surface area contributed by atoms with Crippen molar-refractivity contribution in [1.82, 2.24) is 4.57 Å². The van der Waals surface area contributed by atoms with Crippen LogP contribution in [0.4, 0.5) is 0 Å². The van der Waals surface area contributed by atoms with Crippen molar-refractivity contribution in [2.24, 2.45) is 5.92 Å². The lowest BCUT2D eigenvalue weighted by Gasteiger charge is -2.08. The molecule has 0 aromatic carbocycles. The Kier molecular flexibility index (Phi) is 2.67. The third-order valence-corrected chi connectivity index (χ3v) is 4.08. The van der Waals surface area contributed by atoms with Crippen LogP contribution in [0.15, 0.2) is 17.5 Å². The molecule has 17 heavy (non-hydrogen) atoms. The maximum absolute atomic E-state index is 11.9. The fourth-order valence-electron chi connectivity index (χ4n) is 2.09. The number of rotatable bonds is 4. The normalized spacial score (nSPS) is 15.4. The Balaban J connectivity index is 2.01. The van der Waals surface area contributed by atoms with Gasteiger partial charge in [-0.1, -0.05) is 0 Å². The van der Waals surface area contributed by atoms with Crippen LogP contribution in [0.5, 0.6) is 0 Å². The standard InChI is InChI=1S/C13H15NO2S/c1-2-16-13(15)11-7-10-5-6-17-12(10)14(11)8-9-3-4-9/h5-7,9H,2-4,8H2,1H3. The molecule has 2 aromatic rings. The summed E-state index contributed by atoms with van der Waals surface area (Å²) in [5, 5.41) is 3.22. The number of fused-ring (bicyclic) bond motifs is 1. The van der Waals surface area contributed by atoms with Crippen molar-refractivity contribution in [2.45, 2.75) is 26.3 Å². The molecule has 0 aliphatic heterocycles. The highest BCUT2D eigenvalue weighted by atomic mass is 32.1. The lowest BCUT2D eigenvalue weighted by atomic mass is 10.3. The van der Waals surface area contributed by atoms with E-state index in [2.05, 4.69) is 16.0 Å². The van der Waals surface area contributed by atoms with Gasteiger partial charge in [0.05, 0.1) is 6.61 Å². The second-order valence-corrected chi connectivity index (χ2v) is 5.38. The summed E-state index contributed by atoms with van der Waals surface area (Å²) in [5.74, 6) is 0.553. The van der Waals surface area contributed by atoms with Crippen molar-refractivity contribution in [1.29, 1.82) is 0 Å². The molecule has 1 aliphatic rings.